The summed E-state index contributed by atoms with van der Waals surface area (Å²) in [5.41, 5.74) is 2.04. The van der Waals surface area contributed by atoms with E-state index in [1.807, 2.05) is 0 Å². The van der Waals surface area contributed by atoms with Crippen molar-refractivity contribution in [2.24, 2.45) is 7.05 Å². The Balaban J connectivity index is 2.16. The molecule has 1 heterocycles. The van der Waals surface area contributed by atoms with E-state index in [4.69, 9.17) is 0 Å². The van der Waals surface area contributed by atoms with Gasteiger partial charge < -0.3 is 5.11 Å². The highest BCUT2D eigenvalue weighted by molar-refractivity contribution is 5.26. The van der Waals surface area contributed by atoms with Crippen molar-refractivity contribution in [2.75, 3.05) is 0 Å². The van der Waals surface area contributed by atoms with Crippen molar-refractivity contribution in [3.8, 4) is 0 Å². The molecule has 0 radical (unpaired) electrons. The van der Waals surface area contributed by atoms with E-state index in [0.717, 1.165) is 5.56 Å². The average molecular weight is 235 g/mol. The minimum absolute atomic E-state index is 0.330. The summed E-state index contributed by atoms with van der Waals surface area (Å²) < 4.78 is 14.8. The van der Waals surface area contributed by atoms with E-state index < -0.39 is 6.10 Å². The molecule has 5 heteroatoms. The molecular formula is C12H14FN3O. The lowest BCUT2D eigenvalue weighted by atomic mass is 10.0. The maximum Gasteiger partial charge on any atom is 0.123 e. The predicted octanol–water partition coefficient (Wildman–Crippen LogP) is 1.54. The molecule has 0 bridgehead atoms. The number of aryl methyl sites for hydroxylation is 2. The van der Waals surface area contributed by atoms with Gasteiger partial charge in [0.15, 0.2) is 0 Å². The van der Waals surface area contributed by atoms with Gasteiger partial charge in [-0.15, -0.1) is 5.10 Å². The van der Waals surface area contributed by atoms with Gasteiger partial charge >= 0.3 is 0 Å². The molecule has 1 atom stereocenters. The lowest BCUT2D eigenvalue weighted by molar-refractivity contribution is 0.176. The van der Waals surface area contributed by atoms with Crippen molar-refractivity contribution in [3.63, 3.8) is 0 Å². The van der Waals surface area contributed by atoms with E-state index in [1.165, 1.54) is 12.1 Å². The SMILES string of the molecule is Cc1cc(F)cc(C(O)Cc2cn(C)nn2)c1. The van der Waals surface area contributed by atoms with Gasteiger partial charge in [0, 0.05) is 19.7 Å². The molecule has 90 valence electrons. The third-order valence-electron chi connectivity index (χ3n) is 2.50. The molecule has 0 spiro atoms. The Hall–Kier alpha value is -1.75. The van der Waals surface area contributed by atoms with Gasteiger partial charge in [-0.3, -0.25) is 4.68 Å². The van der Waals surface area contributed by atoms with Gasteiger partial charge in [-0.1, -0.05) is 11.3 Å². The first kappa shape index (κ1) is 11.7. The summed E-state index contributed by atoms with van der Waals surface area (Å²) in [6, 6.07) is 4.54. The Morgan fingerprint density at radius 1 is 1.41 bits per heavy atom. The summed E-state index contributed by atoms with van der Waals surface area (Å²) in [5, 5.41) is 17.7. The van der Waals surface area contributed by atoms with E-state index >= 15 is 0 Å². The quantitative estimate of drug-likeness (QED) is 0.878. The highest BCUT2D eigenvalue weighted by Crippen LogP contribution is 2.19. The van der Waals surface area contributed by atoms with Crippen molar-refractivity contribution >= 4 is 0 Å². The topological polar surface area (TPSA) is 50.9 Å². The van der Waals surface area contributed by atoms with Gasteiger partial charge in [-0.05, 0) is 30.2 Å². The van der Waals surface area contributed by atoms with Crippen LogP contribution in [-0.2, 0) is 13.5 Å². The molecule has 1 unspecified atom stereocenters. The van der Waals surface area contributed by atoms with Crippen LogP contribution in [0.5, 0.6) is 0 Å². The van der Waals surface area contributed by atoms with Crippen molar-refractivity contribution < 1.29 is 9.50 Å². The maximum absolute atomic E-state index is 13.2. The van der Waals surface area contributed by atoms with Crippen molar-refractivity contribution in [3.05, 3.63) is 47.0 Å². The number of benzene rings is 1. The molecule has 0 aliphatic heterocycles. The number of hydrogen-bond donors (Lipinski definition) is 1. The number of aliphatic hydroxyl groups is 1. The van der Waals surface area contributed by atoms with Gasteiger partial charge in [0.1, 0.15) is 5.82 Å². The number of aliphatic hydroxyl groups excluding tert-OH is 1. The highest BCUT2D eigenvalue weighted by Gasteiger charge is 2.12. The number of rotatable bonds is 3. The second-order valence-electron chi connectivity index (χ2n) is 4.17. The van der Waals surface area contributed by atoms with Crippen LogP contribution < -0.4 is 0 Å². The predicted molar refractivity (Wildman–Crippen MR) is 60.8 cm³/mol. The second-order valence-corrected chi connectivity index (χ2v) is 4.17. The van der Waals surface area contributed by atoms with E-state index in [-0.39, 0.29) is 5.82 Å². The fourth-order valence-electron chi connectivity index (χ4n) is 1.76. The third-order valence-corrected chi connectivity index (χ3v) is 2.50. The fraction of sp³-hybridized carbons (Fsp3) is 0.333. The van der Waals surface area contributed by atoms with Crippen LogP contribution in [0.1, 0.15) is 22.9 Å². The number of nitrogens with zero attached hydrogens (tertiary/aromatic N) is 3. The first-order valence-electron chi connectivity index (χ1n) is 5.35. The Labute approximate surface area is 98.7 Å². The van der Waals surface area contributed by atoms with Crippen molar-refractivity contribution in [1.29, 1.82) is 0 Å². The summed E-state index contributed by atoms with van der Waals surface area (Å²) >= 11 is 0. The van der Waals surface area contributed by atoms with Gasteiger partial charge in [-0.25, -0.2) is 4.39 Å². The smallest absolute Gasteiger partial charge is 0.123 e. The summed E-state index contributed by atoms with van der Waals surface area (Å²) in [6.45, 7) is 1.79. The number of hydrogen-bond acceptors (Lipinski definition) is 3. The normalized spacial score (nSPS) is 12.7. The largest absolute Gasteiger partial charge is 0.388 e. The monoisotopic (exact) mass is 235 g/mol. The summed E-state index contributed by atoms with van der Waals surface area (Å²) in [5.74, 6) is -0.335. The van der Waals surface area contributed by atoms with Gasteiger partial charge in [0.25, 0.3) is 0 Å². The summed E-state index contributed by atoms with van der Waals surface area (Å²) in [7, 11) is 1.76. The molecule has 0 aliphatic carbocycles. The first-order chi connectivity index (χ1) is 8.04. The van der Waals surface area contributed by atoms with E-state index in [9.17, 15) is 9.50 Å². The Kier molecular flexibility index (Phi) is 3.19. The van der Waals surface area contributed by atoms with E-state index in [0.29, 0.717) is 17.7 Å². The fourth-order valence-corrected chi connectivity index (χ4v) is 1.76. The molecule has 1 aromatic carbocycles. The molecule has 0 aliphatic rings. The molecule has 1 N–H and O–H groups in total. The average Bonchev–Trinajstić information content (AvgIpc) is 2.62. The Morgan fingerprint density at radius 2 is 2.18 bits per heavy atom. The van der Waals surface area contributed by atoms with Crippen LogP contribution in [0, 0.1) is 12.7 Å². The molecule has 2 aromatic rings. The summed E-state index contributed by atoms with van der Waals surface area (Å²) in [6.07, 6.45) is 1.30. The zero-order valence-corrected chi connectivity index (χ0v) is 9.76. The Bertz CT molecular complexity index is 504. The van der Waals surface area contributed by atoms with Crippen LogP contribution in [0.15, 0.2) is 24.4 Å². The van der Waals surface area contributed by atoms with Crippen LogP contribution in [0.4, 0.5) is 4.39 Å². The minimum Gasteiger partial charge on any atom is -0.388 e. The standard InChI is InChI=1S/C12H14FN3O/c1-8-3-9(5-10(13)4-8)12(17)6-11-7-16(2)15-14-11/h3-5,7,12,17H,6H2,1-2H3. The lowest BCUT2D eigenvalue weighted by Gasteiger charge is -2.10. The highest BCUT2D eigenvalue weighted by atomic mass is 19.1. The minimum atomic E-state index is -0.763. The molecular weight excluding hydrogens is 221 g/mol. The third kappa shape index (κ3) is 2.88. The molecule has 2 rings (SSSR count). The molecule has 4 nitrogen and oxygen atoms in total. The van der Waals surface area contributed by atoms with Crippen LogP contribution in [-0.4, -0.2) is 20.1 Å². The van der Waals surface area contributed by atoms with E-state index in [1.54, 1.807) is 30.9 Å². The first-order valence-corrected chi connectivity index (χ1v) is 5.35. The molecule has 0 amide bonds. The van der Waals surface area contributed by atoms with Crippen LogP contribution in [0.3, 0.4) is 0 Å². The van der Waals surface area contributed by atoms with E-state index in [2.05, 4.69) is 10.3 Å². The molecule has 0 fully saturated rings. The zero-order chi connectivity index (χ0) is 12.4. The van der Waals surface area contributed by atoms with Crippen LogP contribution >= 0.6 is 0 Å². The molecule has 1 aromatic heterocycles. The van der Waals surface area contributed by atoms with Crippen molar-refractivity contribution in [1.82, 2.24) is 15.0 Å². The van der Waals surface area contributed by atoms with Gasteiger partial charge in [0.05, 0.1) is 11.8 Å². The number of halogens is 1. The maximum atomic E-state index is 13.2. The molecule has 0 saturated heterocycles. The lowest BCUT2D eigenvalue weighted by Crippen LogP contribution is -2.03. The Morgan fingerprint density at radius 3 is 2.76 bits per heavy atom. The summed E-state index contributed by atoms with van der Waals surface area (Å²) in [4.78, 5) is 0. The van der Waals surface area contributed by atoms with Crippen LogP contribution in [0.25, 0.3) is 0 Å². The molecule has 0 saturated carbocycles. The number of aromatic nitrogens is 3. The molecule has 17 heavy (non-hydrogen) atoms. The van der Waals surface area contributed by atoms with Crippen molar-refractivity contribution in [2.45, 2.75) is 19.4 Å². The van der Waals surface area contributed by atoms with Crippen LogP contribution in [0.2, 0.25) is 0 Å². The van der Waals surface area contributed by atoms with Gasteiger partial charge in [-0.2, -0.15) is 0 Å². The van der Waals surface area contributed by atoms with Gasteiger partial charge in [0.2, 0.25) is 0 Å². The second kappa shape index (κ2) is 4.63. The zero-order valence-electron chi connectivity index (χ0n) is 9.76.